The lowest BCUT2D eigenvalue weighted by Gasteiger charge is -2.29. The third-order valence-corrected chi connectivity index (χ3v) is 4.72. The molecule has 0 spiro atoms. The van der Waals surface area contributed by atoms with Gasteiger partial charge in [0.05, 0.1) is 6.10 Å². The number of hydrogen-bond donors (Lipinski definition) is 2. The number of hydrogen-bond acceptors (Lipinski definition) is 4. The molecule has 2 fully saturated rings. The summed E-state index contributed by atoms with van der Waals surface area (Å²) in [6, 6.07) is 0.649. The van der Waals surface area contributed by atoms with Gasteiger partial charge in [0.2, 0.25) is 5.91 Å². The normalized spacial score (nSPS) is 28.0. The molecule has 0 aromatic rings. The maximum atomic E-state index is 12.4. The lowest BCUT2D eigenvalue weighted by atomic mass is 9.89. The zero-order chi connectivity index (χ0) is 17.0. The number of rotatable bonds is 7. The van der Waals surface area contributed by atoms with Crippen molar-refractivity contribution in [1.29, 1.82) is 0 Å². The Morgan fingerprint density at radius 2 is 1.74 bits per heavy atom. The standard InChI is InChI=1S/C18H32N2O3/c1-11(2)7-16(18(22)23-12(3)4)20-17(21)10-13-8-14-5-6-15(9-13)19-14/h11-16,19H,5-10H2,1-4H3,(H,20,21)/t13?,14?,15?,16-/m0/s1. The average Bonchev–Trinajstić information content (AvgIpc) is 2.75. The van der Waals surface area contributed by atoms with Gasteiger partial charge in [-0.3, -0.25) is 4.79 Å². The van der Waals surface area contributed by atoms with Crippen molar-refractivity contribution in [3.63, 3.8) is 0 Å². The van der Waals surface area contributed by atoms with Crippen LogP contribution in [0.15, 0.2) is 0 Å². The molecule has 3 atom stereocenters. The number of esters is 1. The van der Waals surface area contributed by atoms with Crippen LogP contribution in [0.2, 0.25) is 0 Å². The van der Waals surface area contributed by atoms with E-state index in [9.17, 15) is 9.59 Å². The van der Waals surface area contributed by atoms with Gasteiger partial charge in [-0.1, -0.05) is 13.8 Å². The fraction of sp³-hybridized carbons (Fsp3) is 0.889. The first-order chi connectivity index (χ1) is 10.8. The van der Waals surface area contributed by atoms with E-state index in [1.54, 1.807) is 0 Å². The molecule has 5 nitrogen and oxygen atoms in total. The number of nitrogens with one attached hydrogen (secondary N) is 2. The van der Waals surface area contributed by atoms with Crippen LogP contribution in [-0.4, -0.2) is 36.1 Å². The van der Waals surface area contributed by atoms with Crippen molar-refractivity contribution in [1.82, 2.24) is 10.6 Å². The van der Waals surface area contributed by atoms with E-state index >= 15 is 0 Å². The van der Waals surface area contributed by atoms with Gasteiger partial charge in [-0.15, -0.1) is 0 Å². The van der Waals surface area contributed by atoms with Crippen molar-refractivity contribution in [2.45, 2.75) is 90.4 Å². The predicted molar refractivity (Wildman–Crippen MR) is 89.9 cm³/mol. The molecule has 0 saturated carbocycles. The van der Waals surface area contributed by atoms with Crippen LogP contribution >= 0.6 is 0 Å². The van der Waals surface area contributed by atoms with E-state index in [2.05, 4.69) is 10.6 Å². The molecule has 2 bridgehead atoms. The highest BCUT2D eigenvalue weighted by Crippen LogP contribution is 2.32. The molecule has 2 heterocycles. The van der Waals surface area contributed by atoms with Crippen molar-refractivity contribution in [3.8, 4) is 0 Å². The van der Waals surface area contributed by atoms with Gasteiger partial charge < -0.3 is 15.4 Å². The van der Waals surface area contributed by atoms with E-state index in [0.717, 1.165) is 12.8 Å². The highest BCUT2D eigenvalue weighted by molar-refractivity contribution is 5.84. The fourth-order valence-electron chi connectivity index (χ4n) is 3.86. The van der Waals surface area contributed by atoms with Gasteiger partial charge in [0.25, 0.3) is 0 Å². The Kier molecular flexibility index (Phi) is 6.45. The Morgan fingerprint density at radius 1 is 1.13 bits per heavy atom. The monoisotopic (exact) mass is 324 g/mol. The molecule has 2 aliphatic heterocycles. The van der Waals surface area contributed by atoms with E-state index in [4.69, 9.17) is 4.74 Å². The summed E-state index contributed by atoms with van der Waals surface area (Å²) >= 11 is 0. The molecule has 0 aromatic carbocycles. The summed E-state index contributed by atoms with van der Waals surface area (Å²) in [5, 5.41) is 6.51. The van der Waals surface area contributed by atoms with E-state index in [-0.39, 0.29) is 18.0 Å². The quantitative estimate of drug-likeness (QED) is 0.706. The van der Waals surface area contributed by atoms with Gasteiger partial charge in [-0.25, -0.2) is 4.79 Å². The second kappa shape index (κ2) is 8.13. The van der Waals surface area contributed by atoms with E-state index in [0.29, 0.717) is 36.8 Å². The number of carbonyl (C=O) groups is 2. The molecule has 2 rings (SSSR count). The molecule has 0 radical (unpaired) electrons. The van der Waals surface area contributed by atoms with Crippen molar-refractivity contribution < 1.29 is 14.3 Å². The summed E-state index contributed by atoms with van der Waals surface area (Å²) in [4.78, 5) is 24.6. The minimum atomic E-state index is -0.525. The van der Waals surface area contributed by atoms with E-state index in [1.165, 1.54) is 12.8 Å². The smallest absolute Gasteiger partial charge is 0.328 e. The number of amides is 1. The number of fused-ring (bicyclic) bond motifs is 2. The van der Waals surface area contributed by atoms with Crippen LogP contribution in [0.3, 0.4) is 0 Å². The first-order valence-electron chi connectivity index (χ1n) is 9.09. The van der Waals surface area contributed by atoms with Crippen LogP contribution in [0.5, 0.6) is 0 Å². The zero-order valence-electron chi connectivity index (χ0n) is 14.9. The van der Waals surface area contributed by atoms with Crippen molar-refractivity contribution in [2.75, 3.05) is 0 Å². The Hall–Kier alpha value is -1.10. The lowest BCUT2D eigenvalue weighted by molar-refractivity contribution is -0.152. The molecule has 5 heteroatoms. The molecule has 2 N–H and O–H groups in total. The minimum absolute atomic E-state index is 0.0114. The molecule has 0 aromatic heterocycles. The molecule has 0 aliphatic carbocycles. The van der Waals surface area contributed by atoms with Crippen molar-refractivity contribution >= 4 is 11.9 Å². The minimum Gasteiger partial charge on any atom is -0.461 e. The van der Waals surface area contributed by atoms with Crippen molar-refractivity contribution in [2.24, 2.45) is 11.8 Å². The van der Waals surface area contributed by atoms with Crippen molar-refractivity contribution in [3.05, 3.63) is 0 Å². The summed E-state index contributed by atoms with van der Waals surface area (Å²) in [6.07, 6.45) is 5.62. The zero-order valence-corrected chi connectivity index (χ0v) is 14.9. The van der Waals surface area contributed by atoms with Crippen LogP contribution in [0, 0.1) is 11.8 Å². The lowest BCUT2D eigenvalue weighted by Crippen LogP contribution is -2.45. The maximum absolute atomic E-state index is 12.4. The van der Waals surface area contributed by atoms with Crippen LogP contribution in [0.25, 0.3) is 0 Å². The Labute approximate surface area is 139 Å². The van der Waals surface area contributed by atoms with Crippen LogP contribution in [0.4, 0.5) is 0 Å². The molecule has 1 amide bonds. The topological polar surface area (TPSA) is 67.4 Å². The highest BCUT2D eigenvalue weighted by atomic mass is 16.5. The van der Waals surface area contributed by atoms with Gasteiger partial charge in [-0.05, 0) is 57.8 Å². The maximum Gasteiger partial charge on any atom is 0.328 e. The van der Waals surface area contributed by atoms with Crippen LogP contribution in [0.1, 0.15) is 66.2 Å². The van der Waals surface area contributed by atoms with Gasteiger partial charge in [0.1, 0.15) is 6.04 Å². The first kappa shape index (κ1) is 18.2. The van der Waals surface area contributed by atoms with Gasteiger partial charge >= 0.3 is 5.97 Å². The highest BCUT2D eigenvalue weighted by Gasteiger charge is 2.34. The van der Waals surface area contributed by atoms with Crippen LogP contribution in [-0.2, 0) is 14.3 Å². The van der Waals surface area contributed by atoms with E-state index < -0.39 is 6.04 Å². The largest absolute Gasteiger partial charge is 0.461 e. The summed E-state index contributed by atoms with van der Waals surface area (Å²) in [6.45, 7) is 7.76. The molecule has 23 heavy (non-hydrogen) atoms. The molecule has 2 aliphatic rings. The number of carbonyl (C=O) groups excluding carboxylic acids is 2. The Balaban J connectivity index is 1.85. The molecule has 132 valence electrons. The Bertz CT molecular complexity index is 410. The molecular formula is C18H32N2O3. The SMILES string of the molecule is CC(C)C[C@H](NC(=O)CC1CC2CCC(C1)N2)C(=O)OC(C)C. The molecule has 2 saturated heterocycles. The van der Waals surface area contributed by atoms with Gasteiger partial charge in [0, 0.05) is 18.5 Å². The average molecular weight is 324 g/mol. The summed E-state index contributed by atoms with van der Waals surface area (Å²) in [7, 11) is 0. The molecular weight excluding hydrogens is 292 g/mol. The van der Waals surface area contributed by atoms with E-state index in [1.807, 2.05) is 27.7 Å². The Morgan fingerprint density at radius 3 is 2.26 bits per heavy atom. The summed E-state index contributed by atoms with van der Waals surface area (Å²) < 4.78 is 5.28. The third kappa shape index (κ3) is 5.79. The first-order valence-corrected chi connectivity index (χ1v) is 9.09. The summed E-state index contributed by atoms with van der Waals surface area (Å²) in [5.41, 5.74) is 0. The number of ether oxygens (including phenoxy) is 1. The second-order valence-corrected chi connectivity index (χ2v) is 7.91. The third-order valence-electron chi connectivity index (χ3n) is 4.72. The second-order valence-electron chi connectivity index (χ2n) is 7.91. The van der Waals surface area contributed by atoms with Gasteiger partial charge in [-0.2, -0.15) is 0 Å². The summed E-state index contributed by atoms with van der Waals surface area (Å²) in [5.74, 6) is 0.444. The number of piperidine rings is 1. The van der Waals surface area contributed by atoms with Crippen LogP contribution < -0.4 is 10.6 Å². The van der Waals surface area contributed by atoms with Gasteiger partial charge in [0.15, 0.2) is 0 Å². The fourth-order valence-corrected chi connectivity index (χ4v) is 3.86. The molecule has 2 unspecified atom stereocenters. The predicted octanol–water partition coefficient (Wildman–Crippen LogP) is 2.39.